The Labute approximate surface area is 153 Å². The highest BCUT2D eigenvalue weighted by molar-refractivity contribution is 5.90. The molecule has 1 aromatic carbocycles. The van der Waals surface area contributed by atoms with Crippen LogP contribution in [0.5, 0.6) is 0 Å². The summed E-state index contributed by atoms with van der Waals surface area (Å²) >= 11 is 0. The van der Waals surface area contributed by atoms with Gasteiger partial charge in [-0.15, -0.1) is 5.10 Å². The van der Waals surface area contributed by atoms with Crippen LogP contribution in [0, 0.1) is 6.92 Å². The summed E-state index contributed by atoms with van der Waals surface area (Å²) in [7, 11) is 1.64. The molecule has 7 nitrogen and oxygen atoms in total. The number of aromatic nitrogens is 2. The standard InChI is InChI=1S/C19H25N5O2/c1-14-9-10-18(23-22-14)24-11-5-7-16(12-24)20-19(25)21-17-8-4-3-6-15(17)13-26-2/h3-4,6,8-10,16H,5,7,11-13H2,1-2H3,(H2,20,21,25). The lowest BCUT2D eigenvalue weighted by molar-refractivity contribution is 0.185. The van der Waals surface area contributed by atoms with Crippen LogP contribution < -0.4 is 15.5 Å². The number of para-hydroxylation sites is 1. The minimum absolute atomic E-state index is 0.0708. The quantitative estimate of drug-likeness (QED) is 0.862. The van der Waals surface area contributed by atoms with E-state index in [9.17, 15) is 4.79 Å². The Hall–Kier alpha value is -2.67. The number of amides is 2. The second kappa shape index (κ2) is 8.62. The lowest BCUT2D eigenvalue weighted by Crippen LogP contribution is -2.49. The molecule has 1 aromatic heterocycles. The number of ether oxygens (including phenoxy) is 1. The monoisotopic (exact) mass is 355 g/mol. The molecule has 26 heavy (non-hydrogen) atoms. The maximum absolute atomic E-state index is 12.4. The van der Waals surface area contributed by atoms with E-state index < -0.39 is 0 Å². The maximum Gasteiger partial charge on any atom is 0.319 e. The number of nitrogens with one attached hydrogen (secondary N) is 2. The Kier molecular flexibility index (Phi) is 6.01. The van der Waals surface area contributed by atoms with Gasteiger partial charge in [0.2, 0.25) is 0 Å². The molecule has 2 aromatic rings. The molecule has 0 bridgehead atoms. The van der Waals surface area contributed by atoms with Crippen molar-refractivity contribution in [1.29, 1.82) is 0 Å². The normalized spacial score (nSPS) is 17.0. The number of hydrogen-bond donors (Lipinski definition) is 2. The zero-order valence-electron chi connectivity index (χ0n) is 15.2. The third-order valence-electron chi connectivity index (χ3n) is 4.43. The lowest BCUT2D eigenvalue weighted by Gasteiger charge is -2.33. The van der Waals surface area contributed by atoms with Gasteiger partial charge in [0.25, 0.3) is 0 Å². The molecule has 1 unspecified atom stereocenters. The molecule has 7 heteroatoms. The van der Waals surface area contributed by atoms with E-state index in [0.29, 0.717) is 6.61 Å². The van der Waals surface area contributed by atoms with Crippen molar-refractivity contribution in [3.8, 4) is 0 Å². The van der Waals surface area contributed by atoms with Gasteiger partial charge in [-0.2, -0.15) is 5.10 Å². The van der Waals surface area contributed by atoms with Gasteiger partial charge in [0, 0.05) is 37.5 Å². The molecule has 1 saturated heterocycles. The number of urea groups is 1. The summed E-state index contributed by atoms with van der Waals surface area (Å²) < 4.78 is 5.18. The van der Waals surface area contributed by atoms with Crippen molar-refractivity contribution in [2.24, 2.45) is 0 Å². The second-order valence-electron chi connectivity index (χ2n) is 6.51. The number of carbonyl (C=O) groups is 1. The van der Waals surface area contributed by atoms with E-state index in [2.05, 4.69) is 25.7 Å². The minimum atomic E-state index is -0.199. The first kappa shape index (κ1) is 18.1. The molecule has 2 heterocycles. The van der Waals surface area contributed by atoms with Crippen LogP contribution in [0.15, 0.2) is 36.4 Å². The van der Waals surface area contributed by atoms with Gasteiger partial charge >= 0.3 is 6.03 Å². The van der Waals surface area contributed by atoms with E-state index in [1.54, 1.807) is 7.11 Å². The number of hydrogen-bond acceptors (Lipinski definition) is 5. The third kappa shape index (κ3) is 4.70. The number of anilines is 2. The number of nitrogens with zero attached hydrogens (tertiary/aromatic N) is 3. The molecule has 0 spiro atoms. The lowest BCUT2D eigenvalue weighted by atomic mass is 10.1. The Morgan fingerprint density at radius 3 is 2.88 bits per heavy atom. The fraction of sp³-hybridized carbons (Fsp3) is 0.421. The summed E-state index contributed by atoms with van der Waals surface area (Å²) in [5.41, 5.74) is 2.61. The Bertz CT molecular complexity index is 735. The average molecular weight is 355 g/mol. The van der Waals surface area contributed by atoms with Crippen molar-refractivity contribution in [2.75, 3.05) is 30.4 Å². The van der Waals surface area contributed by atoms with E-state index in [0.717, 1.165) is 48.7 Å². The summed E-state index contributed by atoms with van der Waals surface area (Å²) in [6, 6.07) is 11.5. The number of methoxy groups -OCH3 is 1. The largest absolute Gasteiger partial charge is 0.380 e. The Morgan fingerprint density at radius 2 is 2.12 bits per heavy atom. The molecule has 2 amide bonds. The van der Waals surface area contributed by atoms with Crippen molar-refractivity contribution >= 4 is 17.5 Å². The van der Waals surface area contributed by atoms with Crippen molar-refractivity contribution in [2.45, 2.75) is 32.4 Å². The average Bonchev–Trinajstić information content (AvgIpc) is 2.64. The zero-order chi connectivity index (χ0) is 18.4. The predicted octanol–water partition coefficient (Wildman–Crippen LogP) is 2.72. The van der Waals surface area contributed by atoms with E-state index in [4.69, 9.17) is 4.74 Å². The topological polar surface area (TPSA) is 79.4 Å². The van der Waals surface area contributed by atoms with Crippen molar-refractivity contribution in [1.82, 2.24) is 15.5 Å². The first-order valence-electron chi connectivity index (χ1n) is 8.85. The second-order valence-corrected chi connectivity index (χ2v) is 6.51. The van der Waals surface area contributed by atoms with Gasteiger partial charge in [-0.1, -0.05) is 18.2 Å². The number of carbonyl (C=O) groups excluding carboxylic acids is 1. The first-order chi connectivity index (χ1) is 12.7. The molecule has 0 aliphatic carbocycles. The summed E-state index contributed by atoms with van der Waals surface area (Å²) in [5.74, 6) is 0.855. The highest BCUT2D eigenvalue weighted by Crippen LogP contribution is 2.18. The van der Waals surface area contributed by atoms with Gasteiger partial charge in [0.1, 0.15) is 0 Å². The van der Waals surface area contributed by atoms with E-state index >= 15 is 0 Å². The molecule has 1 fully saturated rings. The molecule has 1 aliphatic rings. The molecular weight excluding hydrogens is 330 g/mol. The molecule has 138 valence electrons. The fourth-order valence-corrected chi connectivity index (χ4v) is 3.13. The molecule has 2 N–H and O–H groups in total. The first-order valence-corrected chi connectivity index (χ1v) is 8.85. The van der Waals surface area contributed by atoms with Crippen LogP contribution in [-0.4, -0.2) is 42.5 Å². The van der Waals surface area contributed by atoms with Crippen molar-refractivity contribution < 1.29 is 9.53 Å². The predicted molar refractivity (Wildman–Crippen MR) is 101 cm³/mol. The molecule has 1 aliphatic heterocycles. The van der Waals surface area contributed by atoms with Gasteiger partial charge in [0.15, 0.2) is 5.82 Å². The van der Waals surface area contributed by atoms with Crippen LogP contribution in [0.3, 0.4) is 0 Å². The SMILES string of the molecule is COCc1ccccc1NC(=O)NC1CCCN(c2ccc(C)nn2)C1. The summed E-state index contributed by atoms with van der Waals surface area (Å²) in [5, 5.41) is 14.4. The van der Waals surface area contributed by atoms with Gasteiger partial charge in [0.05, 0.1) is 12.3 Å². The van der Waals surface area contributed by atoms with Crippen LogP contribution in [0.1, 0.15) is 24.1 Å². The number of aryl methyl sites for hydroxylation is 1. The minimum Gasteiger partial charge on any atom is -0.380 e. The molecule has 3 rings (SSSR count). The molecule has 0 radical (unpaired) electrons. The van der Waals surface area contributed by atoms with Crippen molar-refractivity contribution in [3.63, 3.8) is 0 Å². The zero-order valence-corrected chi connectivity index (χ0v) is 15.2. The number of rotatable bonds is 5. The van der Waals surface area contributed by atoms with Gasteiger partial charge in [-0.05, 0) is 38.0 Å². The fourth-order valence-electron chi connectivity index (χ4n) is 3.13. The van der Waals surface area contributed by atoms with Gasteiger partial charge in [-0.3, -0.25) is 0 Å². The van der Waals surface area contributed by atoms with Crippen LogP contribution in [-0.2, 0) is 11.3 Å². The third-order valence-corrected chi connectivity index (χ3v) is 4.43. The van der Waals surface area contributed by atoms with Crippen LogP contribution >= 0.6 is 0 Å². The summed E-state index contributed by atoms with van der Waals surface area (Å²) in [4.78, 5) is 14.6. The molecular formula is C19H25N5O2. The maximum atomic E-state index is 12.4. The van der Waals surface area contributed by atoms with Crippen molar-refractivity contribution in [3.05, 3.63) is 47.7 Å². The molecule has 1 atom stereocenters. The summed E-state index contributed by atoms with van der Waals surface area (Å²) in [6.45, 7) is 4.03. The molecule has 0 saturated carbocycles. The number of benzene rings is 1. The van der Waals surface area contributed by atoms with Gasteiger partial charge in [-0.25, -0.2) is 4.79 Å². The van der Waals surface area contributed by atoms with Crippen LogP contribution in [0.25, 0.3) is 0 Å². The van der Waals surface area contributed by atoms with Gasteiger partial charge < -0.3 is 20.3 Å². The van der Waals surface area contributed by atoms with E-state index in [-0.39, 0.29) is 12.1 Å². The highest BCUT2D eigenvalue weighted by atomic mass is 16.5. The van der Waals surface area contributed by atoms with E-state index in [1.807, 2.05) is 43.3 Å². The number of piperidine rings is 1. The highest BCUT2D eigenvalue weighted by Gasteiger charge is 2.22. The Morgan fingerprint density at radius 1 is 1.27 bits per heavy atom. The van der Waals surface area contributed by atoms with E-state index in [1.165, 1.54) is 0 Å². The summed E-state index contributed by atoms with van der Waals surface area (Å²) in [6.07, 6.45) is 1.95. The van der Waals surface area contributed by atoms with Crippen LogP contribution in [0.2, 0.25) is 0 Å². The van der Waals surface area contributed by atoms with Crippen LogP contribution in [0.4, 0.5) is 16.3 Å². The Balaban J connectivity index is 1.58. The smallest absolute Gasteiger partial charge is 0.319 e.